The normalized spacial score (nSPS) is 10.9. The van der Waals surface area contributed by atoms with Crippen molar-refractivity contribution >= 4 is 18.5 Å². The van der Waals surface area contributed by atoms with Crippen molar-refractivity contribution in [3.8, 4) is 0 Å². The first kappa shape index (κ1) is 15.0. The van der Waals surface area contributed by atoms with Crippen LogP contribution in [0.25, 0.3) is 0 Å². The summed E-state index contributed by atoms with van der Waals surface area (Å²) in [7, 11) is 0. The monoisotopic (exact) mass is 215 g/mol. The number of hydrogen-bond donors (Lipinski definition) is 1. The topological polar surface area (TPSA) is 78.0 Å². The third-order valence-electron chi connectivity index (χ3n) is 0.907. The molecule has 4 nitrogen and oxygen atoms in total. The molecule has 12 heavy (non-hydrogen) atoms. The largest absolute Gasteiger partial charge is 0.780 e. The third kappa shape index (κ3) is 8.59. The number of quaternary nitrogens is 1. The smallest absolute Gasteiger partial charge is 0.115 e. The minimum Gasteiger partial charge on any atom is -0.780 e. The lowest BCUT2D eigenvalue weighted by atomic mass is 10.5. The van der Waals surface area contributed by atoms with Crippen LogP contribution in [0.2, 0.25) is 0 Å². The maximum atomic E-state index is 11.1. The zero-order valence-corrected chi connectivity index (χ0v) is 9.62. The first-order valence-electron chi connectivity index (χ1n) is 3.72. The van der Waals surface area contributed by atoms with E-state index in [9.17, 15) is 4.89 Å². The molecule has 0 aliphatic heterocycles. The predicted molar refractivity (Wildman–Crippen MR) is 52.8 cm³/mol. The molecule has 0 radical (unpaired) electrons. The van der Waals surface area contributed by atoms with E-state index in [2.05, 4.69) is 11.8 Å². The van der Waals surface area contributed by atoms with Gasteiger partial charge in [-0.2, -0.15) is 0 Å². The second-order valence-electron chi connectivity index (χ2n) is 2.11. The summed E-state index contributed by atoms with van der Waals surface area (Å²) in [6.07, 6.45) is 1.60. The van der Waals surface area contributed by atoms with Gasteiger partial charge in [-0.3, -0.25) is 0 Å². The van der Waals surface area contributed by atoms with E-state index < -0.39 is 6.72 Å². The van der Waals surface area contributed by atoms with Crippen LogP contribution in [0.1, 0.15) is 26.7 Å². The highest BCUT2D eigenvalue weighted by molar-refractivity contribution is 8.06. The predicted octanol–water partition coefficient (Wildman–Crippen LogP) is 1.80. The molecule has 0 aromatic carbocycles. The number of hydrogen-bond acceptors (Lipinski definition) is 4. The summed E-state index contributed by atoms with van der Waals surface area (Å²) in [6, 6.07) is 0. The van der Waals surface area contributed by atoms with Crippen LogP contribution in [0.15, 0.2) is 0 Å². The molecule has 6 heteroatoms. The van der Waals surface area contributed by atoms with Crippen LogP contribution in [0, 0.1) is 0 Å². The highest BCUT2D eigenvalue weighted by atomic mass is 32.5. The van der Waals surface area contributed by atoms with Gasteiger partial charge in [0.25, 0.3) is 0 Å². The van der Waals surface area contributed by atoms with Crippen LogP contribution in [0.3, 0.4) is 0 Å². The van der Waals surface area contributed by atoms with Gasteiger partial charge in [0.1, 0.15) is 6.72 Å². The van der Waals surface area contributed by atoms with Crippen molar-refractivity contribution in [3.63, 3.8) is 0 Å². The molecule has 0 aromatic rings. The van der Waals surface area contributed by atoms with Crippen LogP contribution >= 0.6 is 6.72 Å². The van der Waals surface area contributed by atoms with E-state index in [-0.39, 0.29) is 6.15 Å². The van der Waals surface area contributed by atoms with Crippen molar-refractivity contribution in [1.29, 1.82) is 0 Å². The Hall–Kier alpha value is 0.490. The Kier molecular flexibility index (Phi) is 10.1. The highest BCUT2D eigenvalue weighted by Gasteiger charge is 2.00. The summed E-state index contributed by atoms with van der Waals surface area (Å²) >= 11 is 4.59. The van der Waals surface area contributed by atoms with Crippen LogP contribution < -0.4 is 11.0 Å². The van der Waals surface area contributed by atoms with E-state index in [1.807, 2.05) is 13.8 Å². The van der Waals surface area contributed by atoms with Gasteiger partial charge < -0.3 is 20.1 Å². The summed E-state index contributed by atoms with van der Waals surface area (Å²) in [4.78, 5) is 11.1. The molecule has 0 atom stereocenters. The van der Waals surface area contributed by atoms with E-state index >= 15 is 0 Å². The molecular weight excluding hydrogens is 197 g/mol. The molecule has 0 saturated heterocycles. The Morgan fingerprint density at radius 1 is 1.17 bits per heavy atom. The number of rotatable bonds is 6. The minimum absolute atomic E-state index is 0. The SMILES string of the molecule is CCCOP([O-])(=S)OCCC.[NH4+]. The summed E-state index contributed by atoms with van der Waals surface area (Å²) in [6.45, 7) is 1.52. The molecular formula is C6H18NO3PS. The Bertz CT molecular complexity index is 133. The molecule has 0 rings (SSSR count). The molecule has 76 valence electrons. The summed E-state index contributed by atoms with van der Waals surface area (Å²) < 4.78 is 9.66. The van der Waals surface area contributed by atoms with Gasteiger partial charge in [-0.25, -0.2) is 0 Å². The maximum Gasteiger partial charge on any atom is 0.115 e. The average molecular weight is 215 g/mol. The standard InChI is InChI=1S/C6H15O3PS.H3N/c1-3-5-8-10(7,11)9-6-4-2;/h3-6H2,1-2H3,(H,7,11);1H3. The zero-order valence-electron chi connectivity index (χ0n) is 7.91. The van der Waals surface area contributed by atoms with Crippen LogP contribution in [0.5, 0.6) is 0 Å². The van der Waals surface area contributed by atoms with Crippen molar-refractivity contribution in [3.05, 3.63) is 0 Å². The molecule has 0 fully saturated rings. The molecule has 0 amide bonds. The van der Waals surface area contributed by atoms with Gasteiger partial charge in [-0.05, 0) is 12.8 Å². The van der Waals surface area contributed by atoms with Gasteiger partial charge >= 0.3 is 0 Å². The van der Waals surface area contributed by atoms with Crippen molar-refractivity contribution in [2.45, 2.75) is 26.7 Å². The lowest BCUT2D eigenvalue weighted by molar-refractivity contribution is -0.206. The summed E-state index contributed by atoms with van der Waals surface area (Å²) in [5.41, 5.74) is 0. The molecule has 0 heterocycles. The Morgan fingerprint density at radius 2 is 1.50 bits per heavy atom. The Balaban J connectivity index is 0. The van der Waals surface area contributed by atoms with Crippen LogP contribution in [0.4, 0.5) is 0 Å². The van der Waals surface area contributed by atoms with Gasteiger partial charge in [0.15, 0.2) is 0 Å². The molecule has 0 unspecified atom stereocenters. The molecule has 0 aliphatic rings. The van der Waals surface area contributed by atoms with Crippen LogP contribution in [-0.4, -0.2) is 13.2 Å². The van der Waals surface area contributed by atoms with E-state index in [0.717, 1.165) is 12.8 Å². The maximum absolute atomic E-state index is 11.1. The highest BCUT2D eigenvalue weighted by Crippen LogP contribution is 2.38. The summed E-state index contributed by atoms with van der Waals surface area (Å²) in [5.74, 6) is 0. The lowest BCUT2D eigenvalue weighted by Crippen LogP contribution is -2.08. The van der Waals surface area contributed by atoms with Crippen molar-refractivity contribution in [2.24, 2.45) is 0 Å². The Labute approximate surface area is 79.1 Å². The second-order valence-corrected chi connectivity index (χ2v) is 4.87. The molecule has 0 aliphatic carbocycles. The zero-order chi connectivity index (χ0) is 8.74. The summed E-state index contributed by atoms with van der Waals surface area (Å²) in [5, 5.41) is 0. The van der Waals surface area contributed by atoms with E-state index in [1.165, 1.54) is 0 Å². The second kappa shape index (κ2) is 8.10. The quantitative estimate of drug-likeness (QED) is 0.685. The Morgan fingerprint density at radius 3 is 1.75 bits per heavy atom. The van der Waals surface area contributed by atoms with E-state index in [4.69, 9.17) is 9.05 Å². The van der Waals surface area contributed by atoms with Crippen molar-refractivity contribution in [2.75, 3.05) is 13.2 Å². The van der Waals surface area contributed by atoms with Gasteiger partial charge in [-0.1, -0.05) is 25.7 Å². The third-order valence-corrected chi connectivity index (χ3v) is 2.54. The van der Waals surface area contributed by atoms with Crippen LogP contribution in [-0.2, 0) is 20.9 Å². The van der Waals surface area contributed by atoms with E-state index in [0.29, 0.717) is 13.2 Å². The van der Waals surface area contributed by atoms with E-state index in [1.54, 1.807) is 0 Å². The molecule has 0 spiro atoms. The van der Waals surface area contributed by atoms with Gasteiger partial charge in [0.2, 0.25) is 0 Å². The van der Waals surface area contributed by atoms with Gasteiger partial charge in [0, 0.05) is 0 Å². The first-order chi connectivity index (χ1) is 5.12. The molecule has 0 saturated carbocycles. The lowest BCUT2D eigenvalue weighted by Gasteiger charge is -2.26. The van der Waals surface area contributed by atoms with Crippen molar-refractivity contribution < 1.29 is 13.9 Å². The fraction of sp³-hybridized carbons (Fsp3) is 1.00. The average Bonchev–Trinajstić information content (AvgIpc) is 1.97. The fourth-order valence-corrected chi connectivity index (χ4v) is 1.78. The molecule has 4 N–H and O–H groups in total. The van der Waals surface area contributed by atoms with Gasteiger partial charge in [-0.15, -0.1) is 0 Å². The minimum atomic E-state index is -3.14. The van der Waals surface area contributed by atoms with Gasteiger partial charge in [0.05, 0.1) is 13.2 Å². The molecule has 0 bridgehead atoms. The first-order valence-corrected chi connectivity index (χ1v) is 6.28. The fourth-order valence-electron chi connectivity index (χ4n) is 0.443. The molecule has 0 aromatic heterocycles. The van der Waals surface area contributed by atoms with Crippen molar-refractivity contribution in [1.82, 2.24) is 6.15 Å².